The van der Waals surface area contributed by atoms with Crippen LogP contribution in [0.15, 0.2) is 42.7 Å². The quantitative estimate of drug-likeness (QED) is 0.716. The second-order valence-electron chi connectivity index (χ2n) is 4.86. The summed E-state index contributed by atoms with van der Waals surface area (Å²) in [5, 5.41) is 25.8. The molecule has 0 aliphatic rings. The highest BCUT2D eigenvalue weighted by molar-refractivity contribution is 5.30. The molecule has 1 aromatic heterocycles. The largest absolute Gasteiger partial charge is 0.394 e. The van der Waals surface area contributed by atoms with Gasteiger partial charge in [0, 0.05) is 18.3 Å². The van der Waals surface area contributed by atoms with Crippen molar-refractivity contribution in [1.29, 1.82) is 0 Å². The molecular weight excluding hydrogens is 242 g/mol. The van der Waals surface area contributed by atoms with Gasteiger partial charge in [-0.25, -0.2) is 4.68 Å². The highest BCUT2D eigenvalue weighted by Crippen LogP contribution is 2.09. The Balaban J connectivity index is 2.02. The van der Waals surface area contributed by atoms with E-state index in [1.165, 1.54) is 0 Å². The molecule has 0 radical (unpaired) electrons. The van der Waals surface area contributed by atoms with Crippen molar-refractivity contribution in [2.24, 2.45) is 0 Å². The molecule has 0 saturated heterocycles. The monoisotopic (exact) mass is 261 g/mol. The number of hydrogen-bond donors (Lipinski definition) is 3. The van der Waals surface area contributed by atoms with E-state index in [1.54, 1.807) is 17.8 Å². The first-order chi connectivity index (χ1) is 9.17. The zero-order chi connectivity index (χ0) is 13.7. The molecule has 0 aliphatic carbocycles. The third-order valence-electron chi connectivity index (χ3n) is 3.07. The molecule has 19 heavy (non-hydrogen) atoms. The van der Waals surface area contributed by atoms with Crippen LogP contribution in [0.5, 0.6) is 0 Å². The maximum absolute atomic E-state index is 9.20. The van der Waals surface area contributed by atoms with Crippen molar-refractivity contribution >= 4 is 0 Å². The first-order valence-electron chi connectivity index (χ1n) is 6.22. The van der Waals surface area contributed by atoms with Crippen molar-refractivity contribution in [3.05, 3.63) is 48.3 Å². The standard InChI is InChI=1S/C14H19N3O2/c1-14(10-18,11-19)15-7-12-8-16-17(9-12)13-5-3-2-4-6-13/h2-6,8-9,15,18-19H,7,10-11H2,1H3. The van der Waals surface area contributed by atoms with Gasteiger partial charge in [0.1, 0.15) is 0 Å². The minimum atomic E-state index is -0.672. The van der Waals surface area contributed by atoms with Gasteiger partial charge in [0.2, 0.25) is 0 Å². The van der Waals surface area contributed by atoms with Gasteiger partial charge in [-0.15, -0.1) is 0 Å². The predicted molar refractivity (Wildman–Crippen MR) is 73.0 cm³/mol. The zero-order valence-corrected chi connectivity index (χ0v) is 11.0. The number of para-hydroxylation sites is 1. The second-order valence-corrected chi connectivity index (χ2v) is 4.86. The lowest BCUT2D eigenvalue weighted by Crippen LogP contribution is -2.48. The van der Waals surface area contributed by atoms with E-state index in [1.807, 2.05) is 36.5 Å². The number of nitrogens with one attached hydrogen (secondary N) is 1. The van der Waals surface area contributed by atoms with Crippen molar-refractivity contribution < 1.29 is 10.2 Å². The van der Waals surface area contributed by atoms with Gasteiger partial charge in [-0.3, -0.25) is 0 Å². The molecule has 0 unspecified atom stereocenters. The number of hydrogen-bond acceptors (Lipinski definition) is 4. The van der Waals surface area contributed by atoms with E-state index in [9.17, 15) is 10.2 Å². The fourth-order valence-electron chi connectivity index (χ4n) is 1.65. The van der Waals surface area contributed by atoms with Crippen LogP contribution in [0.25, 0.3) is 5.69 Å². The third kappa shape index (κ3) is 3.41. The molecular formula is C14H19N3O2. The molecule has 2 rings (SSSR count). The maximum atomic E-state index is 9.20. The van der Waals surface area contributed by atoms with Gasteiger partial charge in [0.05, 0.1) is 30.6 Å². The minimum Gasteiger partial charge on any atom is -0.394 e. The second kappa shape index (κ2) is 5.97. The molecule has 1 heterocycles. The molecule has 1 aromatic carbocycles. The van der Waals surface area contributed by atoms with Gasteiger partial charge in [-0.1, -0.05) is 18.2 Å². The molecule has 3 N–H and O–H groups in total. The van der Waals surface area contributed by atoms with Gasteiger partial charge >= 0.3 is 0 Å². The van der Waals surface area contributed by atoms with E-state index < -0.39 is 5.54 Å². The van der Waals surface area contributed by atoms with Crippen LogP contribution in [0.3, 0.4) is 0 Å². The summed E-state index contributed by atoms with van der Waals surface area (Å²) in [4.78, 5) is 0. The van der Waals surface area contributed by atoms with Crippen molar-refractivity contribution in [2.45, 2.75) is 19.0 Å². The van der Waals surface area contributed by atoms with Crippen LogP contribution in [0.4, 0.5) is 0 Å². The van der Waals surface area contributed by atoms with Crippen molar-refractivity contribution in [3.63, 3.8) is 0 Å². The molecule has 0 spiro atoms. The summed E-state index contributed by atoms with van der Waals surface area (Å²) in [6.45, 7) is 2.09. The van der Waals surface area contributed by atoms with Crippen molar-refractivity contribution in [3.8, 4) is 5.69 Å². The smallest absolute Gasteiger partial charge is 0.0645 e. The van der Waals surface area contributed by atoms with Crippen LogP contribution in [0, 0.1) is 0 Å². The van der Waals surface area contributed by atoms with E-state index in [0.717, 1.165) is 11.3 Å². The lowest BCUT2D eigenvalue weighted by molar-refractivity contribution is 0.103. The van der Waals surface area contributed by atoms with E-state index in [0.29, 0.717) is 6.54 Å². The summed E-state index contributed by atoms with van der Waals surface area (Å²) in [7, 11) is 0. The molecule has 0 atom stereocenters. The predicted octanol–water partition coefficient (Wildman–Crippen LogP) is 0.705. The fraction of sp³-hybridized carbons (Fsp3) is 0.357. The normalized spacial score (nSPS) is 11.7. The van der Waals surface area contributed by atoms with Gasteiger partial charge < -0.3 is 15.5 Å². The first-order valence-corrected chi connectivity index (χ1v) is 6.22. The topological polar surface area (TPSA) is 70.3 Å². The summed E-state index contributed by atoms with van der Waals surface area (Å²) in [6.07, 6.45) is 3.70. The van der Waals surface area contributed by atoms with Gasteiger partial charge in [-0.05, 0) is 19.1 Å². The number of nitrogens with zero attached hydrogens (tertiary/aromatic N) is 2. The minimum absolute atomic E-state index is 0.115. The molecule has 0 bridgehead atoms. The Morgan fingerprint density at radius 3 is 2.53 bits per heavy atom. The summed E-state index contributed by atoms with van der Waals surface area (Å²) < 4.78 is 1.80. The Labute approximate surface area is 112 Å². The summed E-state index contributed by atoms with van der Waals surface area (Å²) in [5.41, 5.74) is 1.33. The Morgan fingerprint density at radius 2 is 1.89 bits per heavy atom. The Kier molecular flexibility index (Phi) is 4.31. The number of aliphatic hydroxyl groups is 2. The summed E-state index contributed by atoms with van der Waals surface area (Å²) >= 11 is 0. The van der Waals surface area contributed by atoms with Crippen LogP contribution in [-0.2, 0) is 6.54 Å². The van der Waals surface area contributed by atoms with Gasteiger partial charge in [0.15, 0.2) is 0 Å². The number of aliphatic hydroxyl groups excluding tert-OH is 2. The highest BCUT2D eigenvalue weighted by atomic mass is 16.3. The van der Waals surface area contributed by atoms with Crippen LogP contribution in [-0.4, -0.2) is 38.7 Å². The van der Waals surface area contributed by atoms with Crippen molar-refractivity contribution in [1.82, 2.24) is 15.1 Å². The Morgan fingerprint density at radius 1 is 1.21 bits per heavy atom. The Hall–Kier alpha value is -1.69. The third-order valence-corrected chi connectivity index (χ3v) is 3.07. The van der Waals surface area contributed by atoms with Crippen LogP contribution in [0.1, 0.15) is 12.5 Å². The molecule has 5 heteroatoms. The van der Waals surface area contributed by atoms with Gasteiger partial charge in [0.25, 0.3) is 0 Å². The molecule has 0 aliphatic heterocycles. The van der Waals surface area contributed by atoms with E-state index in [4.69, 9.17) is 0 Å². The van der Waals surface area contributed by atoms with Crippen LogP contribution in [0.2, 0.25) is 0 Å². The fourth-order valence-corrected chi connectivity index (χ4v) is 1.65. The molecule has 102 valence electrons. The first kappa shape index (κ1) is 13.7. The zero-order valence-electron chi connectivity index (χ0n) is 11.0. The number of aromatic nitrogens is 2. The highest BCUT2D eigenvalue weighted by Gasteiger charge is 2.21. The summed E-state index contributed by atoms with van der Waals surface area (Å²) in [5.74, 6) is 0. The number of rotatable bonds is 6. The lowest BCUT2D eigenvalue weighted by atomic mass is 10.1. The average molecular weight is 261 g/mol. The molecule has 0 amide bonds. The van der Waals surface area contributed by atoms with Gasteiger partial charge in [-0.2, -0.15) is 5.10 Å². The molecule has 0 saturated carbocycles. The molecule has 5 nitrogen and oxygen atoms in total. The molecule has 2 aromatic rings. The van der Waals surface area contributed by atoms with E-state index >= 15 is 0 Å². The lowest BCUT2D eigenvalue weighted by Gasteiger charge is -2.25. The Bertz CT molecular complexity index is 506. The van der Waals surface area contributed by atoms with E-state index in [-0.39, 0.29) is 13.2 Å². The SMILES string of the molecule is CC(CO)(CO)NCc1cnn(-c2ccccc2)c1. The van der Waals surface area contributed by atoms with Crippen molar-refractivity contribution in [2.75, 3.05) is 13.2 Å². The average Bonchev–Trinajstić information content (AvgIpc) is 2.95. The number of benzene rings is 1. The summed E-state index contributed by atoms with van der Waals surface area (Å²) in [6, 6.07) is 9.85. The van der Waals surface area contributed by atoms with E-state index in [2.05, 4.69) is 10.4 Å². The van der Waals surface area contributed by atoms with Crippen LogP contribution >= 0.6 is 0 Å². The molecule has 0 fully saturated rings. The van der Waals surface area contributed by atoms with Crippen LogP contribution < -0.4 is 5.32 Å². The maximum Gasteiger partial charge on any atom is 0.0645 e.